The number of aryl methyl sites for hydroxylation is 6. The molecular weight excluding hydrogens is 593 g/mol. The fraction of sp³-hybridized carbons (Fsp3) is 0.149. The number of aromatic nitrogens is 2. The molecule has 2 nitrogen and oxygen atoms in total. The summed E-state index contributed by atoms with van der Waals surface area (Å²) in [6.07, 6.45) is 1.91. The second-order valence-electron chi connectivity index (χ2n) is 13.8. The van der Waals surface area contributed by atoms with E-state index in [-0.39, 0.29) is 0 Å². The summed E-state index contributed by atoms with van der Waals surface area (Å²) in [4.78, 5) is 10.6. The van der Waals surface area contributed by atoms with E-state index in [1.807, 2.05) is 12.3 Å². The molecule has 0 bridgehead atoms. The molecule has 0 spiro atoms. The largest absolute Gasteiger partial charge is 0.260 e. The number of rotatable bonds is 5. The first-order valence-electron chi connectivity index (χ1n) is 17.2. The Balaban J connectivity index is 1.47. The molecule has 2 heterocycles. The standard InChI is InChI=1S/C47H40N2/c1-29-23-31(3)45(32(4)24-29)36-18-20-40-38(27-36)39-28-37(46-33(5)25-30(2)26-34(46)6)19-21-41(39)47(40,43-16-10-11-22-48-43)44-17-12-15-42(49-44)35-13-8-7-9-14-35/h7-28H,1-6H3. The van der Waals surface area contributed by atoms with Gasteiger partial charge in [-0.2, -0.15) is 0 Å². The van der Waals surface area contributed by atoms with Crippen LogP contribution < -0.4 is 0 Å². The zero-order chi connectivity index (χ0) is 33.9. The van der Waals surface area contributed by atoms with Crippen LogP contribution in [0.2, 0.25) is 0 Å². The highest BCUT2D eigenvalue weighted by Crippen LogP contribution is 2.57. The molecule has 0 radical (unpaired) electrons. The van der Waals surface area contributed by atoms with Gasteiger partial charge in [0.05, 0.1) is 17.1 Å². The molecule has 1 aliphatic carbocycles. The lowest BCUT2D eigenvalue weighted by Crippen LogP contribution is -2.31. The summed E-state index contributed by atoms with van der Waals surface area (Å²) < 4.78 is 0. The number of fused-ring (bicyclic) bond motifs is 3. The van der Waals surface area contributed by atoms with Gasteiger partial charge in [-0.25, -0.2) is 0 Å². The number of benzene rings is 5. The Labute approximate surface area is 290 Å². The summed E-state index contributed by atoms with van der Waals surface area (Å²) in [5.41, 5.74) is 21.0. The van der Waals surface area contributed by atoms with Gasteiger partial charge in [0.25, 0.3) is 0 Å². The average Bonchev–Trinajstić information content (AvgIpc) is 3.38. The average molecular weight is 633 g/mol. The van der Waals surface area contributed by atoms with Crippen LogP contribution in [-0.4, -0.2) is 9.97 Å². The highest BCUT2D eigenvalue weighted by molar-refractivity contribution is 5.91. The van der Waals surface area contributed by atoms with Gasteiger partial charge in [-0.1, -0.05) is 102 Å². The Hall–Kier alpha value is -5.60. The predicted molar refractivity (Wildman–Crippen MR) is 204 cm³/mol. The van der Waals surface area contributed by atoms with Crippen molar-refractivity contribution < 1.29 is 0 Å². The van der Waals surface area contributed by atoms with Crippen molar-refractivity contribution in [3.8, 4) is 44.6 Å². The Morgan fingerprint density at radius 3 is 1.45 bits per heavy atom. The molecule has 2 heteroatoms. The monoisotopic (exact) mass is 632 g/mol. The predicted octanol–water partition coefficient (Wildman–Crippen LogP) is 11.7. The van der Waals surface area contributed by atoms with Crippen molar-refractivity contribution in [1.82, 2.24) is 9.97 Å². The van der Waals surface area contributed by atoms with Gasteiger partial charge in [0.1, 0.15) is 5.41 Å². The second kappa shape index (κ2) is 11.8. The Kier molecular flexibility index (Phi) is 7.41. The van der Waals surface area contributed by atoms with Crippen LogP contribution >= 0.6 is 0 Å². The Morgan fingerprint density at radius 2 is 0.939 bits per heavy atom. The number of pyridine rings is 2. The summed E-state index contributed by atoms with van der Waals surface area (Å²) in [7, 11) is 0. The number of hydrogen-bond acceptors (Lipinski definition) is 2. The topological polar surface area (TPSA) is 25.8 Å². The molecule has 7 aromatic rings. The van der Waals surface area contributed by atoms with E-state index in [0.29, 0.717) is 0 Å². The SMILES string of the molecule is Cc1cc(C)c(-c2ccc3c(c2)-c2cc(-c4c(C)cc(C)cc4C)ccc2C3(c2ccccn2)c2cccc(-c3ccccc3)n2)c(C)c1. The zero-order valence-corrected chi connectivity index (χ0v) is 29.1. The molecule has 0 atom stereocenters. The lowest BCUT2D eigenvalue weighted by Gasteiger charge is -2.32. The first kappa shape index (κ1) is 30.7. The third-order valence-electron chi connectivity index (χ3n) is 10.3. The minimum atomic E-state index is -0.706. The Bertz CT molecular complexity index is 2230. The summed E-state index contributed by atoms with van der Waals surface area (Å²) in [6, 6.07) is 46.5. The molecule has 0 saturated carbocycles. The molecule has 0 saturated heterocycles. The molecule has 238 valence electrons. The van der Waals surface area contributed by atoms with Crippen molar-refractivity contribution in [1.29, 1.82) is 0 Å². The molecule has 0 amide bonds. The van der Waals surface area contributed by atoms with Gasteiger partial charge in [0.15, 0.2) is 0 Å². The van der Waals surface area contributed by atoms with Gasteiger partial charge in [-0.05, 0) is 145 Å². The van der Waals surface area contributed by atoms with E-state index >= 15 is 0 Å². The lowest BCUT2D eigenvalue weighted by atomic mass is 9.71. The van der Waals surface area contributed by atoms with E-state index in [1.54, 1.807) is 0 Å². The number of nitrogens with zero attached hydrogens (tertiary/aromatic N) is 2. The fourth-order valence-electron chi connectivity index (χ4n) is 8.60. The van der Waals surface area contributed by atoms with Crippen LogP contribution in [0.4, 0.5) is 0 Å². The highest BCUT2D eigenvalue weighted by atomic mass is 14.8. The fourth-order valence-corrected chi connectivity index (χ4v) is 8.60. The molecule has 2 aromatic heterocycles. The second-order valence-corrected chi connectivity index (χ2v) is 13.8. The molecule has 0 N–H and O–H groups in total. The van der Waals surface area contributed by atoms with Crippen molar-refractivity contribution in [2.45, 2.75) is 47.0 Å². The molecule has 0 unspecified atom stereocenters. The summed E-state index contributed by atoms with van der Waals surface area (Å²) in [5, 5.41) is 0. The van der Waals surface area contributed by atoms with Gasteiger partial charge >= 0.3 is 0 Å². The van der Waals surface area contributed by atoms with E-state index in [2.05, 4.69) is 163 Å². The lowest BCUT2D eigenvalue weighted by molar-refractivity contribution is 0.707. The van der Waals surface area contributed by atoms with Crippen LogP contribution in [0.1, 0.15) is 55.9 Å². The highest BCUT2D eigenvalue weighted by Gasteiger charge is 2.48. The quantitative estimate of drug-likeness (QED) is 0.189. The van der Waals surface area contributed by atoms with E-state index in [1.165, 1.54) is 77.9 Å². The first-order chi connectivity index (χ1) is 23.8. The maximum Gasteiger partial charge on any atom is 0.106 e. The van der Waals surface area contributed by atoms with Crippen LogP contribution in [0.3, 0.4) is 0 Å². The van der Waals surface area contributed by atoms with Crippen LogP contribution in [0, 0.1) is 41.5 Å². The van der Waals surface area contributed by atoms with Gasteiger partial charge in [-0.15, -0.1) is 0 Å². The zero-order valence-electron chi connectivity index (χ0n) is 29.1. The van der Waals surface area contributed by atoms with E-state index in [4.69, 9.17) is 9.97 Å². The summed E-state index contributed by atoms with van der Waals surface area (Å²) in [6.45, 7) is 13.3. The third-order valence-corrected chi connectivity index (χ3v) is 10.3. The smallest absolute Gasteiger partial charge is 0.106 e. The van der Waals surface area contributed by atoms with Crippen LogP contribution in [0.15, 0.2) is 134 Å². The number of hydrogen-bond donors (Lipinski definition) is 0. The minimum absolute atomic E-state index is 0.706. The van der Waals surface area contributed by atoms with Crippen molar-refractivity contribution in [3.63, 3.8) is 0 Å². The summed E-state index contributed by atoms with van der Waals surface area (Å²) in [5.74, 6) is 0. The van der Waals surface area contributed by atoms with Crippen molar-refractivity contribution >= 4 is 0 Å². The molecule has 5 aromatic carbocycles. The molecule has 1 aliphatic rings. The molecule has 8 rings (SSSR count). The van der Waals surface area contributed by atoms with Gasteiger partial charge in [0, 0.05) is 11.8 Å². The van der Waals surface area contributed by atoms with Crippen LogP contribution in [-0.2, 0) is 5.41 Å². The van der Waals surface area contributed by atoms with Gasteiger partial charge in [0.2, 0.25) is 0 Å². The minimum Gasteiger partial charge on any atom is -0.260 e. The third kappa shape index (κ3) is 4.94. The van der Waals surface area contributed by atoms with Crippen molar-refractivity contribution in [2.24, 2.45) is 0 Å². The summed E-state index contributed by atoms with van der Waals surface area (Å²) >= 11 is 0. The van der Waals surface area contributed by atoms with Crippen molar-refractivity contribution in [3.05, 3.63) is 189 Å². The van der Waals surface area contributed by atoms with E-state index in [9.17, 15) is 0 Å². The van der Waals surface area contributed by atoms with Crippen LogP contribution in [0.5, 0.6) is 0 Å². The van der Waals surface area contributed by atoms with Crippen LogP contribution in [0.25, 0.3) is 44.6 Å². The molecular formula is C47H40N2. The van der Waals surface area contributed by atoms with E-state index in [0.717, 1.165) is 22.6 Å². The maximum atomic E-state index is 5.47. The Morgan fingerprint density at radius 1 is 0.429 bits per heavy atom. The normalized spacial score (nSPS) is 12.9. The molecule has 0 aliphatic heterocycles. The van der Waals surface area contributed by atoms with Gasteiger partial charge in [-0.3, -0.25) is 9.97 Å². The first-order valence-corrected chi connectivity index (χ1v) is 17.2. The van der Waals surface area contributed by atoms with Crippen molar-refractivity contribution in [2.75, 3.05) is 0 Å². The van der Waals surface area contributed by atoms with E-state index < -0.39 is 5.41 Å². The maximum absolute atomic E-state index is 5.47. The molecule has 49 heavy (non-hydrogen) atoms. The van der Waals surface area contributed by atoms with Gasteiger partial charge < -0.3 is 0 Å². The molecule has 0 fully saturated rings.